The summed E-state index contributed by atoms with van der Waals surface area (Å²) in [6.45, 7) is 0.730. The fourth-order valence-corrected chi connectivity index (χ4v) is 5.42. The van der Waals surface area contributed by atoms with Gasteiger partial charge < -0.3 is 5.32 Å². The van der Waals surface area contributed by atoms with Gasteiger partial charge in [0.15, 0.2) is 0 Å². The highest BCUT2D eigenvalue weighted by atomic mass is 35.5. The molecule has 0 radical (unpaired) electrons. The van der Waals surface area contributed by atoms with Gasteiger partial charge in [0, 0.05) is 5.02 Å². The summed E-state index contributed by atoms with van der Waals surface area (Å²) in [6, 6.07) is 11.0. The fraction of sp³-hybridized carbons (Fsp3) is 0.333. The monoisotopic (exact) mass is 382 g/mol. The first kappa shape index (κ1) is 18.2. The number of hydrogen-bond acceptors (Lipinski definition) is 3. The molecule has 0 fully saturated rings. The van der Waals surface area contributed by atoms with E-state index in [2.05, 4.69) is 5.32 Å². The number of nitrogens with one attached hydrogen (secondary N) is 1. The van der Waals surface area contributed by atoms with E-state index < -0.39 is 21.1 Å². The largest absolute Gasteiger partial charge is 0.320 e. The van der Waals surface area contributed by atoms with Gasteiger partial charge in [0.1, 0.15) is 5.82 Å². The molecule has 2 aromatic rings. The Morgan fingerprint density at radius 3 is 2.72 bits per heavy atom. The lowest BCUT2D eigenvalue weighted by molar-refractivity contribution is 0.552. The Labute approximate surface area is 152 Å². The fourth-order valence-electron chi connectivity index (χ4n) is 3.19. The molecule has 1 aliphatic rings. The second kappa shape index (κ2) is 7.32. The average molecular weight is 383 g/mol. The van der Waals surface area contributed by atoms with E-state index in [-0.39, 0.29) is 5.69 Å². The number of sulfonamides is 1. The number of halogens is 2. The molecule has 1 heterocycles. The van der Waals surface area contributed by atoms with Crippen LogP contribution in [0.5, 0.6) is 0 Å². The molecule has 134 valence electrons. The van der Waals surface area contributed by atoms with Gasteiger partial charge in [-0.1, -0.05) is 23.7 Å². The summed E-state index contributed by atoms with van der Waals surface area (Å²) in [4.78, 5) is 0. The molecule has 0 bridgehead atoms. The normalized spacial score (nSPS) is 18.8. The third-order valence-corrected chi connectivity index (χ3v) is 6.79. The molecular weight excluding hydrogens is 363 g/mol. The van der Waals surface area contributed by atoms with Crippen LogP contribution in [-0.4, -0.2) is 27.3 Å². The van der Waals surface area contributed by atoms with Crippen LogP contribution in [0.2, 0.25) is 5.02 Å². The summed E-state index contributed by atoms with van der Waals surface area (Å²) >= 11 is 6.10. The number of fused-ring (bicyclic) bond motifs is 1. The lowest BCUT2D eigenvalue weighted by Gasteiger charge is -2.35. The van der Waals surface area contributed by atoms with Crippen molar-refractivity contribution in [2.45, 2.75) is 24.5 Å². The summed E-state index contributed by atoms with van der Waals surface area (Å²) in [5, 5.41) is 2.96. The maximum Gasteiger partial charge on any atom is 0.242 e. The third-order valence-electron chi connectivity index (χ3n) is 4.41. The Hall–Kier alpha value is -1.63. The second-order valence-electron chi connectivity index (χ2n) is 6.11. The second-order valence-corrected chi connectivity index (χ2v) is 8.60. The molecule has 0 aliphatic carbocycles. The van der Waals surface area contributed by atoms with Crippen molar-refractivity contribution in [1.29, 1.82) is 0 Å². The van der Waals surface area contributed by atoms with Crippen molar-refractivity contribution >= 4 is 33.0 Å². The van der Waals surface area contributed by atoms with E-state index in [0.717, 1.165) is 22.8 Å². The number of benzene rings is 2. The molecule has 4 nitrogen and oxygen atoms in total. The third kappa shape index (κ3) is 3.52. The van der Waals surface area contributed by atoms with Gasteiger partial charge in [-0.2, -0.15) is 0 Å². The number of hydrogen-bond donors (Lipinski definition) is 1. The molecule has 1 atom stereocenters. The highest BCUT2D eigenvalue weighted by Crippen LogP contribution is 2.41. The van der Waals surface area contributed by atoms with E-state index in [4.69, 9.17) is 11.6 Å². The van der Waals surface area contributed by atoms with Crippen LogP contribution in [0.25, 0.3) is 0 Å². The van der Waals surface area contributed by atoms with E-state index in [0.29, 0.717) is 23.6 Å². The number of nitrogens with zero attached hydrogens (tertiary/aromatic N) is 1. The van der Waals surface area contributed by atoms with Crippen LogP contribution in [0, 0.1) is 5.82 Å². The van der Waals surface area contributed by atoms with Gasteiger partial charge in [0.2, 0.25) is 10.0 Å². The van der Waals surface area contributed by atoms with Crippen LogP contribution >= 0.6 is 11.6 Å². The van der Waals surface area contributed by atoms with Crippen LogP contribution in [0.4, 0.5) is 15.8 Å². The molecular formula is C18H20ClFN2O2S. The molecule has 25 heavy (non-hydrogen) atoms. The first-order chi connectivity index (χ1) is 11.9. The van der Waals surface area contributed by atoms with Crippen molar-refractivity contribution in [3.8, 4) is 0 Å². The van der Waals surface area contributed by atoms with Crippen molar-refractivity contribution in [1.82, 2.24) is 5.32 Å². The van der Waals surface area contributed by atoms with Gasteiger partial charge in [-0.15, -0.1) is 0 Å². The van der Waals surface area contributed by atoms with Gasteiger partial charge in [-0.25, -0.2) is 17.1 Å². The van der Waals surface area contributed by atoms with Gasteiger partial charge in [-0.05, 0) is 68.8 Å². The van der Waals surface area contributed by atoms with Crippen LogP contribution in [-0.2, 0) is 16.4 Å². The van der Waals surface area contributed by atoms with E-state index in [1.165, 1.54) is 12.1 Å². The summed E-state index contributed by atoms with van der Waals surface area (Å²) in [7, 11) is -1.89. The molecule has 0 saturated carbocycles. The van der Waals surface area contributed by atoms with Crippen molar-refractivity contribution < 1.29 is 12.8 Å². The summed E-state index contributed by atoms with van der Waals surface area (Å²) in [5.41, 5.74) is 1.34. The Morgan fingerprint density at radius 2 is 2.00 bits per heavy atom. The molecule has 0 aromatic heterocycles. The Bertz CT molecular complexity index is 873. The predicted octanol–water partition coefficient (Wildman–Crippen LogP) is 3.87. The summed E-state index contributed by atoms with van der Waals surface area (Å²) in [5.74, 6) is -0.567. The molecule has 0 saturated heterocycles. The quantitative estimate of drug-likeness (QED) is 0.798. The first-order valence-electron chi connectivity index (χ1n) is 8.17. The van der Waals surface area contributed by atoms with Crippen LogP contribution < -0.4 is 9.62 Å². The molecule has 1 unspecified atom stereocenters. The molecule has 1 N–H and O–H groups in total. The summed E-state index contributed by atoms with van der Waals surface area (Å²) in [6.07, 6.45) is 1.61. The van der Waals surface area contributed by atoms with Crippen LogP contribution in [0.1, 0.15) is 18.4 Å². The molecule has 3 rings (SSSR count). The van der Waals surface area contributed by atoms with Gasteiger partial charge in [0.25, 0.3) is 0 Å². The lowest BCUT2D eigenvalue weighted by atomic mass is 10.0. The van der Waals surface area contributed by atoms with Crippen molar-refractivity contribution in [2.75, 3.05) is 17.9 Å². The van der Waals surface area contributed by atoms with Crippen molar-refractivity contribution in [3.05, 3.63) is 58.9 Å². The number of rotatable bonds is 5. The van der Waals surface area contributed by atoms with E-state index in [9.17, 15) is 12.8 Å². The maximum absolute atomic E-state index is 14.4. The minimum Gasteiger partial charge on any atom is -0.320 e. The average Bonchev–Trinajstić information content (AvgIpc) is 2.57. The standard InChI is InChI=1S/C18H20ClFN2O2S/c1-21-10-4-5-15-12-13-11-14(19)8-9-17(13)22(25(15,23)24)18-7-3-2-6-16(18)20/h2-3,6-9,11,15,21H,4-5,10,12H2,1H3. The lowest BCUT2D eigenvalue weighted by Crippen LogP contribution is -2.42. The zero-order valence-corrected chi connectivity index (χ0v) is 15.4. The predicted molar refractivity (Wildman–Crippen MR) is 99.6 cm³/mol. The van der Waals surface area contributed by atoms with Crippen molar-refractivity contribution in [3.63, 3.8) is 0 Å². The van der Waals surface area contributed by atoms with E-state index in [1.807, 2.05) is 7.05 Å². The van der Waals surface area contributed by atoms with Gasteiger partial charge >= 0.3 is 0 Å². The Morgan fingerprint density at radius 1 is 1.24 bits per heavy atom. The van der Waals surface area contributed by atoms with Crippen LogP contribution in [0.15, 0.2) is 42.5 Å². The Kier molecular flexibility index (Phi) is 5.32. The highest BCUT2D eigenvalue weighted by molar-refractivity contribution is 7.93. The zero-order chi connectivity index (χ0) is 18.0. The van der Waals surface area contributed by atoms with E-state index in [1.54, 1.807) is 30.3 Å². The van der Waals surface area contributed by atoms with Crippen LogP contribution in [0.3, 0.4) is 0 Å². The smallest absolute Gasteiger partial charge is 0.242 e. The molecule has 7 heteroatoms. The topological polar surface area (TPSA) is 49.4 Å². The number of para-hydroxylation sites is 1. The summed E-state index contributed by atoms with van der Waals surface area (Å²) < 4.78 is 41.9. The minimum atomic E-state index is -3.72. The minimum absolute atomic E-state index is 0.0457. The van der Waals surface area contributed by atoms with Gasteiger partial charge in [-0.3, -0.25) is 0 Å². The molecule has 0 amide bonds. The van der Waals surface area contributed by atoms with Gasteiger partial charge in [0.05, 0.1) is 16.6 Å². The number of anilines is 2. The van der Waals surface area contributed by atoms with E-state index >= 15 is 0 Å². The highest BCUT2D eigenvalue weighted by Gasteiger charge is 2.40. The SMILES string of the molecule is CNCCCC1Cc2cc(Cl)ccc2N(c2ccccc2F)S1(=O)=O. The van der Waals surface area contributed by atoms with Crippen molar-refractivity contribution in [2.24, 2.45) is 0 Å². The first-order valence-corrected chi connectivity index (χ1v) is 10.0. The molecule has 1 aliphatic heterocycles. The zero-order valence-electron chi connectivity index (χ0n) is 13.9. The Balaban J connectivity index is 2.12. The molecule has 2 aromatic carbocycles. The maximum atomic E-state index is 14.4. The molecule has 0 spiro atoms.